The lowest BCUT2D eigenvalue weighted by atomic mass is 9.90. The zero-order chi connectivity index (χ0) is 54.6. The van der Waals surface area contributed by atoms with Gasteiger partial charge in [0.2, 0.25) is 0 Å². The Morgan fingerprint density at radius 1 is 0.312 bits per heavy atom. The van der Waals surface area contributed by atoms with Crippen LogP contribution in [0.1, 0.15) is 22.3 Å². The first-order chi connectivity index (χ1) is 39.7. The molecule has 6 aromatic heterocycles. The van der Waals surface area contributed by atoms with E-state index in [1.54, 1.807) is 59.6 Å². The number of fused-ring (bicyclic) bond motifs is 2. The van der Waals surface area contributed by atoms with Gasteiger partial charge in [-0.2, -0.15) is 0 Å². The highest BCUT2D eigenvalue weighted by molar-refractivity contribution is 7.26. The summed E-state index contributed by atoms with van der Waals surface area (Å²) in [5.41, 5.74) is 6.66. The number of hydrogen-bond donors (Lipinski definition) is 0. The molecule has 0 saturated carbocycles. The molecule has 0 unspecified atom stereocenters. The second kappa shape index (κ2) is 30.8. The van der Waals surface area contributed by atoms with Gasteiger partial charge in [0.15, 0.2) is 0 Å². The lowest BCUT2D eigenvalue weighted by molar-refractivity contribution is 0.0179. The number of thiophene rings is 6. The molecule has 0 aliphatic heterocycles. The van der Waals surface area contributed by atoms with E-state index in [4.69, 9.17) is 47.4 Å². The average molecular weight is 1190 g/mol. The predicted octanol–water partition coefficient (Wildman–Crippen LogP) is 16.3. The Morgan fingerprint density at radius 3 is 1.09 bits per heavy atom. The number of benzene rings is 4. The van der Waals surface area contributed by atoms with E-state index in [1.807, 2.05) is 22.7 Å². The van der Waals surface area contributed by atoms with E-state index in [-0.39, 0.29) is 0 Å². The van der Waals surface area contributed by atoms with Crippen LogP contribution in [-0.2, 0) is 64.0 Å². The fourth-order valence-corrected chi connectivity index (χ4v) is 15.3. The molecule has 0 fully saturated rings. The summed E-state index contributed by atoms with van der Waals surface area (Å²) >= 11 is 10.9. The molecule has 0 atom stereocenters. The number of ether oxygens (including phenoxy) is 10. The molecule has 80 heavy (non-hydrogen) atoms. The maximum absolute atomic E-state index is 6.78. The van der Waals surface area contributed by atoms with Crippen LogP contribution in [0.5, 0.6) is 11.5 Å². The molecule has 10 nitrogen and oxygen atoms in total. The molecule has 0 aliphatic carbocycles. The maximum Gasteiger partial charge on any atom is 0.128 e. The Bertz CT molecular complexity index is 3170. The van der Waals surface area contributed by atoms with Crippen LogP contribution in [0.25, 0.3) is 71.7 Å². The van der Waals surface area contributed by atoms with Gasteiger partial charge in [-0.25, -0.2) is 0 Å². The normalized spacial score (nSPS) is 11.7. The quantitative estimate of drug-likeness (QED) is 0.0358. The smallest absolute Gasteiger partial charge is 0.128 e. The van der Waals surface area contributed by atoms with E-state index in [0.29, 0.717) is 106 Å². The fourth-order valence-electron chi connectivity index (χ4n) is 9.43. The second-order valence-corrected chi connectivity index (χ2v) is 24.4. The predicted molar refractivity (Wildman–Crippen MR) is 334 cm³/mol. The van der Waals surface area contributed by atoms with Crippen molar-refractivity contribution in [1.82, 2.24) is 0 Å². The molecule has 10 rings (SSSR count). The van der Waals surface area contributed by atoms with Gasteiger partial charge in [-0.15, -0.1) is 68.0 Å². The number of hydrogen-bond acceptors (Lipinski definition) is 16. The monoisotopic (exact) mass is 1190 g/mol. The highest BCUT2D eigenvalue weighted by Gasteiger charge is 2.23. The van der Waals surface area contributed by atoms with Gasteiger partial charge in [0, 0.05) is 64.4 Å². The van der Waals surface area contributed by atoms with Gasteiger partial charge in [0.1, 0.15) is 24.7 Å². The summed E-state index contributed by atoms with van der Waals surface area (Å²) in [6.07, 6.45) is 1.61. The minimum absolute atomic E-state index is 0.330. The van der Waals surface area contributed by atoms with Gasteiger partial charge in [-0.05, 0) is 127 Å². The molecule has 418 valence electrons. The van der Waals surface area contributed by atoms with Crippen LogP contribution in [0, 0.1) is 0 Å². The summed E-state index contributed by atoms with van der Waals surface area (Å²) in [6.45, 7) is 7.44. The first kappa shape index (κ1) is 58.1. The third kappa shape index (κ3) is 15.3. The molecule has 0 aliphatic rings. The van der Waals surface area contributed by atoms with Crippen molar-refractivity contribution in [2.24, 2.45) is 0 Å². The topological polar surface area (TPSA) is 92.3 Å². The standard InChI is InChI=1S/C64H66O10S6/c1-65-25-27-67-29-31-69-33-35-73-53-19-17-49-47(43-71-23-21-45-41-59(55-13-5-37-75-55)79-63(45)57-15-7-39-77-57)9-3-11-51(49)61(53)62-52-12-4-10-48(50(52)18-20-54(62)74-36-34-70-32-30-68-28-26-66-2)44-72-24-22-46-42-60(56-14-6-38-76-56)80-64(46)58-16-8-40-78-58/h3-20,37-42H,21-36,43-44H2,1-2H3. The minimum Gasteiger partial charge on any atom is -0.491 e. The minimum atomic E-state index is 0.330. The van der Waals surface area contributed by atoms with Crippen molar-refractivity contribution in [3.05, 3.63) is 165 Å². The van der Waals surface area contributed by atoms with Gasteiger partial charge in [-0.1, -0.05) is 72.8 Å². The first-order valence-electron chi connectivity index (χ1n) is 26.9. The molecule has 16 heteroatoms. The third-order valence-electron chi connectivity index (χ3n) is 13.2. The van der Waals surface area contributed by atoms with Crippen molar-refractivity contribution in [2.75, 3.05) is 107 Å². The SMILES string of the molecule is COCCOCCOCCOc1ccc2c(COCCc3cc(-c4cccs4)sc3-c3cccs3)cccc2c1-c1c(OCCOCCOCCOC)ccc2c(COCCc3cc(-c4cccs4)sc3-c3cccs3)cccc12. The molecule has 4 aromatic carbocycles. The van der Waals surface area contributed by atoms with Crippen LogP contribution in [-0.4, -0.2) is 107 Å². The van der Waals surface area contributed by atoms with Crippen molar-refractivity contribution in [2.45, 2.75) is 26.1 Å². The average Bonchev–Trinajstić information content (AvgIpc) is 4.37. The van der Waals surface area contributed by atoms with Crippen LogP contribution < -0.4 is 9.47 Å². The van der Waals surface area contributed by atoms with E-state index >= 15 is 0 Å². The molecule has 0 bridgehead atoms. The highest BCUT2D eigenvalue weighted by Crippen LogP contribution is 2.48. The van der Waals surface area contributed by atoms with E-state index < -0.39 is 0 Å². The zero-order valence-electron chi connectivity index (χ0n) is 45.1. The lowest BCUT2D eigenvalue weighted by Gasteiger charge is -2.21. The van der Waals surface area contributed by atoms with E-state index in [9.17, 15) is 0 Å². The van der Waals surface area contributed by atoms with E-state index in [2.05, 4.69) is 143 Å². The van der Waals surface area contributed by atoms with Crippen LogP contribution in [0.3, 0.4) is 0 Å². The molecule has 6 heterocycles. The van der Waals surface area contributed by atoms with Gasteiger partial charge < -0.3 is 47.4 Å². The van der Waals surface area contributed by atoms with Gasteiger partial charge in [-0.3, -0.25) is 0 Å². The second-order valence-electron chi connectivity index (χ2n) is 18.5. The van der Waals surface area contributed by atoms with Crippen LogP contribution >= 0.6 is 68.0 Å². The number of rotatable bonds is 35. The summed E-state index contributed by atoms with van der Waals surface area (Å²) in [5.74, 6) is 1.44. The summed E-state index contributed by atoms with van der Waals surface area (Å²) in [6, 6.07) is 43.5. The van der Waals surface area contributed by atoms with Crippen LogP contribution in [0.2, 0.25) is 0 Å². The molecular formula is C64H66O10S6. The van der Waals surface area contributed by atoms with Crippen molar-refractivity contribution >= 4 is 89.6 Å². The lowest BCUT2D eigenvalue weighted by Crippen LogP contribution is -2.13. The fraction of sp³-hybridized carbons (Fsp3) is 0.312. The van der Waals surface area contributed by atoms with Crippen molar-refractivity contribution in [1.29, 1.82) is 0 Å². The van der Waals surface area contributed by atoms with Gasteiger partial charge >= 0.3 is 0 Å². The van der Waals surface area contributed by atoms with Crippen LogP contribution in [0.15, 0.2) is 143 Å². The largest absolute Gasteiger partial charge is 0.491 e. The summed E-state index contributed by atoms with van der Waals surface area (Å²) in [5, 5.41) is 12.8. The van der Waals surface area contributed by atoms with Crippen LogP contribution in [0.4, 0.5) is 0 Å². The molecule has 10 aromatic rings. The highest BCUT2D eigenvalue weighted by atomic mass is 32.1. The Labute approximate surface area is 492 Å². The van der Waals surface area contributed by atoms with Crippen molar-refractivity contribution < 1.29 is 47.4 Å². The maximum atomic E-state index is 6.78. The van der Waals surface area contributed by atoms with Gasteiger partial charge in [0.05, 0.1) is 92.5 Å². The Hall–Kier alpha value is -5.12. The molecule has 0 amide bonds. The molecule has 0 saturated heterocycles. The van der Waals surface area contributed by atoms with Crippen molar-refractivity contribution in [3.8, 4) is 61.6 Å². The Morgan fingerprint density at radius 2 is 0.700 bits per heavy atom. The molecule has 0 radical (unpaired) electrons. The zero-order valence-corrected chi connectivity index (χ0v) is 50.0. The number of methoxy groups -OCH3 is 2. The van der Waals surface area contributed by atoms with Crippen molar-refractivity contribution in [3.63, 3.8) is 0 Å². The molecular weight excluding hydrogens is 1120 g/mol. The summed E-state index contributed by atoms with van der Waals surface area (Å²) < 4.78 is 60.3. The summed E-state index contributed by atoms with van der Waals surface area (Å²) in [7, 11) is 3.33. The van der Waals surface area contributed by atoms with Gasteiger partial charge in [0.25, 0.3) is 0 Å². The molecule has 0 N–H and O–H groups in total. The Balaban J connectivity index is 0.937. The van der Waals surface area contributed by atoms with E-state index in [1.165, 1.54) is 50.1 Å². The first-order valence-corrected chi connectivity index (χ1v) is 32.0. The Kier molecular flexibility index (Phi) is 22.4. The van der Waals surface area contributed by atoms with E-state index in [0.717, 1.165) is 68.1 Å². The summed E-state index contributed by atoms with van der Waals surface area (Å²) in [4.78, 5) is 10.4. The third-order valence-corrected chi connectivity index (χ3v) is 19.8. The molecule has 0 spiro atoms.